The standard InChI is InChI=1S/C22H28N2O2S/c1-16-9-10-17(2)21(12-16)23-22(27)24(15-20-8-5-11-26-20)14-18-6-4-7-19(13-18)25-3/h4,6-7,9-10,12-13,20H,5,8,11,14-15H2,1-3H3,(H,23,27). The highest BCUT2D eigenvalue weighted by atomic mass is 32.1. The Hall–Kier alpha value is -2.11. The molecule has 4 nitrogen and oxygen atoms in total. The highest BCUT2D eigenvalue weighted by molar-refractivity contribution is 7.80. The highest BCUT2D eigenvalue weighted by Gasteiger charge is 2.21. The van der Waals surface area contributed by atoms with Crippen molar-refractivity contribution in [2.24, 2.45) is 0 Å². The molecule has 5 heteroatoms. The number of methoxy groups -OCH3 is 1. The number of thiocarbonyl (C=S) groups is 1. The Bertz CT molecular complexity index is 788. The number of ether oxygens (including phenoxy) is 2. The van der Waals surface area contributed by atoms with Gasteiger partial charge in [0, 0.05) is 25.4 Å². The molecule has 0 bridgehead atoms. The largest absolute Gasteiger partial charge is 0.497 e. The van der Waals surface area contributed by atoms with Gasteiger partial charge in [-0.2, -0.15) is 0 Å². The summed E-state index contributed by atoms with van der Waals surface area (Å²) in [5.41, 5.74) is 4.62. The molecule has 2 aromatic rings. The third-order valence-corrected chi connectivity index (χ3v) is 5.24. The van der Waals surface area contributed by atoms with E-state index in [1.807, 2.05) is 12.1 Å². The van der Waals surface area contributed by atoms with Gasteiger partial charge in [0.2, 0.25) is 0 Å². The first-order valence-corrected chi connectivity index (χ1v) is 9.83. The molecule has 1 atom stereocenters. The molecule has 144 valence electrons. The second kappa shape index (κ2) is 9.20. The summed E-state index contributed by atoms with van der Waals surface area (Å²) >= 11 is 5.78. The maximum absolute atomic E-state index is 5.86. The summed E-state index contributed by atoms with van der Waals surface area (Å²) in [7, 11) is 1.69. The zero-order valence-corrected chi connectivity index (χ0v) is 17.1. The van der Waals surface area contributed by atoms with E-state index in [1.54, 1.807) is 7.11 Å². The lowest BCUT2D eigenvalue weighted by atomic mass is 10.1. The molecule has 0 radical (unpaired) electrons. The van der Waals surface area contributed by atoms with Gasteiger partial charge in [-0.1, -0.05) is 24.3 Å². The minimum Gasteiger partial charge on any atom is -0.497 e. The van der Waals surface area contributed by atoms with E-state index in [2.05, 4.69) is 54.4 Å². The molecule has 0 amide bonds. The zero-order valence-electron chi connectivity index (χ0n) is 16.3. The lowest BCUT2D eigenvalue weighted by Crippen LogP contribution is -2.39. The van der Waals surface area contributed by atoms with Crippen LogP contribution in [-0.2, 0) is 11.3 Å². The van der Waals surface area contributed by atoms with Gasteiger partial charge >= 0.3 is 0 Å². The second-order valence-electron chi connectivity index (χ2n) is 7.12. The summed E-state index contributed by atoms with van der Waals surface area (Å²) in [4.78, 5) is 2.20. The molecule has 1 aliphatic heterocycles. The normalized spacial score (nSPS) is 16.2. The summed E-state index contributed by atoms with van der Waals surface area (Å²) in [6.45, 7) is 6.53. The lowest BCUT2D eigenvalue weighted by molar-refractivity contribution is 0.0905. The number of anilines is 1. The molecule has 1 N–H and O–H groups in total. The van der Waals surface area contributed by atoms with E-state index in [9.17, 15) is 0 Å². The summed E-state index contributed by atoms with van der Waals surface area (Å²) in [6, 6.07) is 14.5. The van der Waals surface area contributed by atoms with Crippen LogP contribution in [0.25, 0.3) is 0 Å². The van der Waals surface area contributed by atoms with E-state index in [1.165, 1.54) is 11.1 Å². The molecule has 3 rings (SSSR count). The van der Waals surface area contributed by atoms with Gasteiger partial charge in [-0.25, -0.2) is 0 Å². The van der Waals surface area contributed by atoms with Crippen molar-refractivity contribution in [1.82, 2.24) is 4.90 Å². The first kappa shape index (κ1) is 19.6. The van der Waals surface area contributed by atoms with Gasteiger partial charge in [0.1, 0.15) is 5.75 Å². The molecule has 0 spiro atoms. The van der Waals surface area contributed by atoms with Crippen LogP contribution in [0.5, 0.6) is 5.75 Å². The van der Waals surface area contributed by atoms with Crippen molar-refractivity contribution in [3.05, 3.63) is 59.2 Å². The Morgan fingerprint density at radius 3 is 2.85 bits per heavy atom. The molecule has 1 saturated heterocycles. The van der Waals surface area contributed by atoms with Gasteiger partial charge in [-0.05, 0) is 73.8 Å². The number of hydrogen-bond acceptors (Lipinski definition) is 3. The number of rotatable bonds is 6. The quantitative estimate of drug-likeness (QED) is 0.731. The Morgan fingerprint density at radius 1 is 1.26 bits per heavy atom. The molecule has 1 unspecified atom stereocenters. The average molecular weight is 385 g/mol. The predicted octanol–water partition coefficient (Wildman–Crippen LogP) is 4.69. The van der Waals surface area contributed by atoms with Crippen molar-refractivity contribution < 1.29 is 9.47 Å². The van der Waals surface area contributed by atoms with Gasteiger partial charge in [-0.15, -0.1) is 0 Å². The van der Waals surface area contributed by atoms with Crippen LogP contribution in [0.2, 0.25) is 0 Å². The Labute approximate surface area is 167 Å². The van der Waals surface area contributed by atoms with Gasteiger partial charge in [-0.3, -0.25) is 0 Å². The van der Waals surface area contributed by atoms with Crippen molar-refractivity contribution >= 4 is 23.0 Å². The van der Waals surface area contributed by atoms with Crippen molar-refractivity contribution in [2.45, 2.75) is 39.3 Å². The van der Waals surface area contributed by atoms with Crippen LogP contribution >= 0.6 is 12.2 Å². The van der Waals surface area contributed by atoms with Crippen LogP contribution in [0, 0.1) is 13.8 Å². The molecule has 0 saturated carbocycles. The fourth-order valence-electron chi connectivity index (χ4n) is 3.31. The Kier molecular flexibility index (Phi) is 6.69. The average Bonchev–Trinajstić information content (AvgIpc) is 3.17. The third kappa shape index (κ3) is 5.44. The molecule has 2 aromatic carbocycles. The van der Waals surface area contributed by atoms with E-state index in [0.29, 0.717) is 6.54 Å². The monoisotopic (exact) mass is 384 g/mol. The first-order chi connectivity index (χ1) is 13.0. The molecular weight excluding hydrogens is 356 g/mol. The summed E-state index contributed by atoms with van der Waals surface area (Å²) in [6.07, 6.45) is 2.43. The lowest BCUT2D eigenvalue weighted by Gasteiger charge is -2.29. The Morgan fingerprint density at radius 2 is 2.11 bits per heavy atom. The number of benzene rings is 2. The maximum Gasteiger partial charge on any atom is 0.173 e. The molecule has 27 heavy (non-hydrogen) atoms. The molecule has 1 fully saturated rings. The van der Waals surface area contributed by atoms with Crippen molar-refractivity contribution in [1.29, 1.82) is 0 Å². The predicted molar refractivity (Wildman–Crippen MR) is 115 cm³/mol. The number of nitrogens with one attached hydrogen (secondary N) is 1. The Balaban J connectivity index is 1.77. The van der Waals surface area contributed by atoms with Crippen LogP contribution in [0.3, 0.4) is 0 Å². The first-order valence-electron chi connectivity index (χ1n) is 9.43. The smallest absolute Gasteiger partial charge is 0.173 e. The third-order valence-electron chi connectivity index (χ3n) is 4.88. The fourth-order valence-corrected chi connectivity index (χ4v) is 3.56. The topological polar surface area (TPSA) is 33.7 Å². The van der Waals surface area contributed by atoms with Gasteiger partial charge < -0.3 is 19.7 Å². The molecule has 1 heterocycles. The molecule has 1 aliphatic rings. The summed E-state index contributed by atoms with van der Waals surface area (Å²) in [5, 5.41) is 4.17. The molecule has 0 aromatic heterocycles. The number of nitrogens with zero attached hydrogens (tertiary/aromatic N) is 1. The van der Waals surface area contributed by atoms with E-state index in [0.717, 1.165) is 48.1 Å². The van der Waals surface area contributed by atoms with Crippen molar-refractivity contribution in [3.63, 3.8) is 0 Å². The van der Waals surface area contributed by atoms with Crippen LogP contribution in [-0.4, -0.2) is 36.4 Å². The van der Waals surface area contributed by atoms with Crippen molar-refractivity contribution in [2.75, 3.05) is 25.6 Å². The minimum absolute atomic E-state index is 0.231. The maximum atomic E-state index is 5.86. The van der Waals surface area contributed by atoms with Crippen molar-refractivity contribution in [3.8, 4) is 5.75 Å². The molecular formula is C22H28N2O2S. The minimum atomic E-state index is 0.231. The fraction of sp³-hybridized carbons (Fsp3) is 0.409. The highest BCUT2D eigenvalue weighted by Crippen LogP contribution is 2.21. The summed E-state index contributed by atoms with van der Waals surface area (Å²) < 4.78 is 11.2. The SMILES string of the molecule is COc1cccc(CN(CC2CCCO2)C(=S)Nc2cc(C)ccc2C)c1. The van der Waals surface area contributed by atoms with Crippen LogP contribution in [0.15, 0.2) is 42.5 Å². The van der Waals surface area contributed by atoms with E-state index >= 15 is 0 Å². The van der Waals surface area contributed by atoms with Gasteiger partial charge in [0.25, 0.3) is 0 Å². The number of aryl methyl sites for hydroxylation is 2. The van der Waals surface area contributed by atoms with Crippen LogP contribution < -0.4 is 10.1 Å². The zero-order chi connectivity index (χ0) is 19.2. The van der Waals surface area contributed by atoms with Crippen LogP contribution in [0.1, 0.15) is 29.5 Å². The second-order valence-corrected chi connectivity index (χ2v) is 7.50. The van der Waals surface area contributed by atoms with Crippen LogP contribution in [0.4, 0.5) is 5.69 Å². The van der Waals surface area contributed by atoms with E-state index in [4.69, 9.17) is 21.7 Å². The molecule has 0 aliphatic carbocycles. The van der Waals surface area contributed by atoms with Gasteiger partial charge in [0.05, 0.1) is 13.2 Å². The van der Waals surface area contributed by atoms with E-state index in [-0.39, 0.29) is 6.10 Å². The van der Waals surface area contributed by atoms with Gasteiger partial charge in [0.15, 0.2) is 5.11 Å². The number of hydrogen-bond donors (Lipinski definition) is 1. The summed E-state index contributed by atoms with van der Waals surface area (Å²) in [5.74, 6) is 0.859. The van der Waals surface area contributed by atoms with E-state index < -0.39 is 0 Å².